The van der Waals surface area contributed by atoms with Crippen molar-refractivity contribution in [1.82, 2.24) is 4.98 Å². The maximum absolute atomic E-state index is 12.8. The van der Waals surface area contributed by atoms with Gasteiger partial charge in [-0.05, 0) is 66.1 Å². The van der Waals surface area contributed by atoms with Crippen LogP contribution in [-0.2, 0) is 11.8 Å². The molecule has 0 unspecified atom stereocenters. The van der Waals surface area contributed by atoms with Crippen molar-refractivity contribution >= 4 is 11.0 Å². The third-order valence-electron chi connectivity index (χ3n) is 6.68. The van der Waals surface area contributed by atoms with Gasteiger partial charge in [0.2, 0.25) is 0 Å². The lowest BCUT2D eigenvalue weighted by molar-refractivity contribution is 0.266. The highest BCUT2D eigenvalue weighted by atomic mass is 16.5. The highest BCUT2D eigenvalue weighted by Crippen LogP contribution is 2.45. The molecule has 0 saturated heterocycles. The van der Waals surface area contributed by atoms with Gasteiger partial charge >= 0.3 is 5.63 Å². The third kappa shape index (κ3) is 4.14. The van der Waals surface area contributed by atoms with Crippen LogP contribution in [0.5, 0.6) is 5.75 Å². The minimum Gasteiger partial charge on any atom is -0.496 e. The highest BCUT2D eigenvalue weighted by molar-refractivity contribution is 5.85. The van der Waals surface area contributed by atoms with Crippen LogP contribution in [0.15, 0.2) is 51.9 Å². The molecule has 30 heavy (non-hydrogen) atoms. The van der Waals surface area contributed by atoms with E-state index in [1.165, 1.54) is 56.9 Å². The van der Waals surface area contributed by atoms with E-state index in [1.807, 2.05) is 18.2 Å². The summed E-state index contributed by atoms with van der Waals surface area (Å²) in [5, 5.41) is 0.867. The summed E-state index contributed by atoms with van der Waals surface area (Å²) >= 11 is 0. The third-order valence-corrected chi connectivity index (χ3v) is 6.68. The molecule has 0 N–H and O–H groups in total. The Hall–Kier alpha value is -2.62. The molecule has 4 rings (SSSR count). The quantitative estimate of drug-likeness (QED) is 0.441. The maximum Gasteiger partial charge on any atom is 0.339 e. The number of pyridine rings is 1. The van der Waals surface area contributed by atoms with Crippen LogP contribution in [0.4, 0.5) is 0 Å². The predicted molar refractivity (Wildman–Crippen MR) is 120 cm³/mol. The highest BCUT2D eigenvalue weighted by Gasteiger charge is 2.34. The van der Waals surface area contributed by atoms with Crippen LogP contribution in [0.1, 0.15) is 75.0 Å². The smallest absolute Gasteiger partial charge is 0.339 e. The number of fused-ring (bicyclic) bond motifs is 1. The molecule has 1 fully saturated rings. The van der Waals surface area contributed by atoms with E-state index in [0.29, 0.717) is 17.6 Å². The Bertz CT molecular complexity index is 1050. The normalized spacial score (nSPS) is 15.9. The van der Waals surface area contributed by atoms with Crippen molar-refractivity contribution in [1.29, 1.82) is 0 Å². The first-order valence-electron chi connectivity index (χ1n) is 11.2. The number of rotatable bonds is 7. The molecule has 3 aromatic rings. The zero-order valence-corrected chi connectivity index (χ0v) is 18.1. The molecule has 0 spiro atoms. The van der Waals surface area contributed by atoms with Gasteiger partial charge in [0.15, 0.2) is 0 Å². The number of hydrogen-bond donors (Lipinski definition) is 0. The van der Waals surface area contributed by atoms with Crippen LogP contribution in [0, 0.1) is 0 Å². The molecule has 0 aliphatic heterocycles. The molecule has 0 radical (unpaired) electrons. The minimum atomic E-state index is -0.273. The van der Waals surface area contributed by atoms with Crippen LogP contribution < -0.4 is 10.4 Å². The number of hydrogen-bond acceptors (Lipinski definition) is 4. The van der Waals surface area contributed by atoms with Crippen molar-refractivity contribution in [2.24, 2.45) is 0 Å². The molecule has 1 aliphatic rings. The summed E-state index contributed by atoms with van der Waals surface area (Å²) in [5.41, 5.74) is 3.47. The summed E-state index contributed by atoms with van der Waals surface area (Å²) < 4.78 is 11.6. The Kier molecular flexibility index (Phi) is 6.21. The van der Waals surface area contributed by atoms with Crippen LogP contribution in [0.3, 0.4) is 0 Å². The fraction of sp³-hybridized carbons (Fsp3) is 0.462. The second-order valence-electron chi connectivity index (χ2n) is 8.63. The molecule has 2 aromatic heterocycles. The summed E-state index contributed by atoms with van der Waals surface area (Å²) in [7, 11) is 1.70. The summed E-state index contributed by atoms with van der Waals surface area (Å²) in [6.45, 7) is 2.25. The topological polar surface area (TPSA) is 52.3 Å². The maximum atomic E-state index is 12.8. The lowest BCUT2D eigenvalue weighted by Crippen LogP contribution is -2.29. The van der Waals surface area contributed by atoms with E-state index in [2.05, 4.69) is 24.0 Å². The van der Waals surface area contributed by atoms with Crippen molar-refractivity contribution in [3.05, 3.63) is 69.8 Å². The Morgan fingerprint density at radius 2 is 1.87 bits per heavy atom. The second kappa shape index (κ2) is 9.03. The molecule has 0 bridgehead atoms. The molecule has 1 saturated carbocycles. The van der Waals surface area contributed by atoms with Crippen LogP contribution in [-0.4, -0.2) is 12.1 Å². The van der Waals surface area contributed by atoms with E-state index in [4.69, 9.17) is 9.15 Å². The Balaban J connectivity index is 1.79. The van der Waals surface area contributed by atoms with E-state index in [-0.39, 0.29) is 11.0 Å². The summed E-state index contributed by atoms with van der Waals surface area (Å²) in [4.78, 5) is 16.8. The fourth-order valence-electron chi connectivity index (χ4n) is 4.97. The molecule has 0 amide bonds. The minimum absolute atomic E-state index is 0.171. The van der Waals surface area contributed by atoms with E-state index in [0.717, 1.165) is 16.7 Å². The molecular weight excluding hydrogens is 374 g/mol. The number of benzene rings is 1. The fourth-order valence-corrected chi connectivity index (χ4v) is 4.97. The first-order chi connectivity index (χ1) is 14.6. The zero-order chi connectivity index (χ0) is 21.0. The van der Waals surface area contributed by atoms with Gasteiger partial charge in [-0.3, -0.25) is 4.98 Å². The Morgan fingerprint density at radius 3 is 2.57 bits per heavy atom. The van der Waals surface area contributed by atoms with Gasteiger partial charge in [-0.2, -0.15) is 0 Å². The molecule has 2 heterocycles. The molecule has 4 heteroatoms. The van der Waals surface area contributed by atoms with Gasteiger partial charge in [-0.25, -0.2) is 4.79 Å². The van der Waals surface area contributed by atoms with Crippen molar-refractivity contribution in [3.63, 3.8) is 0 Å². The van der Waals surface area contributed by atoms with Gasteiger partial charge in [0.05, 0.1) is 12.5 Å². The van der Waals surface area contributed by atoms with Gasteiger partial charge in [0.1, 0.15) is 11.3 Å². The second-order valence-corrected chi connectivity index (χ2v) is 8.63. The Morgan fingerprint density at radius 1 is 1.10 bits per heavy atom. The number of aromatic nitrogens is 1. The summed E-state index contributed by atoms with van der Waals surface area (Å²) in [6, 6.07) is 10.1. The monoisotopic (exact) mass is 405 g/mol. The van der Waals surface area contributed by atoms with Crippen molar-refractivity contribution in [3.8, 4) is 5.75 Å². The number of methoxy groups -OCH3 is 1. The van der Waals surface area contributed by atoms with Crippen molar-refractivity contribution in [2.75, 3.05) is 7.11 Å². The molecular formula is C26H31NO3. The van der Waals surface area contributed by atoms with Gasteiger partial charge in [0.25, 0.3) is 0 Å². The van der Waals surface area contributed by atoms with Crippen LogP contribution >= 0.6 is 0 Å². The lowest BCUT2D eigenvalue weighted by Gasteiger charge is -2.38. The van der Waals surface area contributed by atoms with Gasteiger partial charge in [-0.1, -0.05) is 39.0 Å². The van der Waals surface area contributed by atoms with E-state index in [9.17, 15) is 4.79 Å². The lowest BCUT2D eigenvalue weighted by atomic mass is 9.66. The number of unbranched alkanes of at least 4 members (excludes halogenated alkanes) is 1. The average Bonchev–Trinajstić information content (AvgIpc) is 2.79. The molecule has 1 aromatic carbocycles. The number of ether oxygens (including phenoxy) is 1. The number of nitrogens with zero attached hydrogens (tertiary/aromatic N) is 1. The van der Waals surface area contributed by atoms with E-state index < -0.39 is 0 Å². The Labute approximate surface area is 178 Å². The van der Waals surface area contributed by atoms with Gasteiger partial charge in [0, 0.05) is 24.4 Å². The van der Waals surface area contributed by atoms with E-state index in [1.54, 1.807) is 19.5 Å². The largest absolute Gasteiger partial charge is 0.496 e. The SMILES string of the molecule is CCCCC1(c2cc(OC)c3cc(Cc4ccncc4)c(=O)oc3c2)CCCCC1. The van der Waals surface area contributed by atoms with Crippen molar-refractivity contribution in [2.45, 2.75) is 70.1 Å². The molecule has 0 atom stereocenters. The first kappa shape index (κ1) is 20.6. The van der Waals surface area contributed by atoms with Crippen LogP contribution in [0.25, 0.3) is 11.0 Å². The van der Waals surface area contributed by atoms with Crippen LogP contribution in [0.2, 0.25) is 0 Å². The average molecular weight is 406 g/mol. The van der Waals surface area contributed by atoms with E-state index >= 15 is 0 Å². The summed E-state index contributed by atoms with van der Waals surface area (Å²) in [5.74, 6) is 0.795. The first-order valence-corrected chi connectivity index (χ1v) is 11.2. The van der Waals surface area contributed by atoms with Gasteiger partial charge < -0.3 is 9.15 Å². The molecule has 158 valence electrons. The van der Waals surface area contributed by atoms with Crippen molar-refractivity contribution < 1.29 is 9.15 Å². The standard InChI is InChI=1S/C26H31NO3/c1-3-4-10-26(11-6-5-7-12-26)21-17-23(29-2)22-16-20(25(28)30-24(22)18-21)15-19-8-13-27-14-9-19/h8-9,13-14,16-18H,3-7,10-12,15H2,1-2H3. The van der Waals surface area contributed by atoms with Gasteiger partial charge in [-0.15, -0.1) is 0 Å². The molecule has 1 aliphatic carbocycles. The predicted octanol–water partition coefficient (Wildman–Crippen LogP) is 6.18. The zero-order valence-electron chi connectivity index (χ0n) is 18.1. The molecule has 4 nitrogen and oxygen atoms in total. The summed E-state index contributed by atoms with van der Waals surface area (Å²) in [6.07, 6.45) is 13.8.